The van der Waals surface area contributed by atoms with Crippen molar-refractivity contribution in [1.29, 1.82) is 0 Å². The number of ether oxygens (including phenoxy) is 1. The maximum absolute atomic E-state index is 12.2. The summed E-state index contributed by atoms with van der Waals surface area (Å²) in [6.07, 6.45) is 6.00. The van der Waals surface area contributed by atoms with Crippen LogP contribution >= 0.6 is 0 Å². The Labute approximate surface area is 107 Å². The fraction of sp³-hybridized carbons (Fsp3) is 0.857. The molecule has 4 fully saturated rings. The van der Waals surface area contributed by atoms with Crippen LogP contribution in [0.1, 0.15) is 45.4 Å². The van der Waals surface area contributed by atoms with Crippen molar-refractivity contribution in [3.05, 3.63) is 0 Å². The molecule has 100 valence electrons. The van der Waals surface area contributed by atoms with E-state index in [1.165, 1.54) is 13.5 Å². The van der Waals surface area contributed by atoms with Gasteiger partial charge in [-0.15, -0.1) is 0 Å². The Morgan fingerprint density at radius 3 is 2.28 bits per heavy atom. The molecule has 4 nitrogen and oxygen atoms in total. The summed E-state index contributed by atoms with van der Waals surface area (Å²) >= 11 is 0. The molecule has 0 aromatic rings. The number of rotatable bonds is 2. The first-order chi connectivity index (χ1) is 8.47. The van der Waals surface area contributed by atoms with Gasteiger partial charge in [0.05, 0.1) is 12.5 Å². The summed E-state index contributed by atoms with van der Waals surface area (Å²) < 4.78 is 5.03. The number of carbonyl (C=O) groups is 2. The van der Waals surface area contributed by atoms with Gasteiger partial charge in [-0.1, -0.05) is 0 Å². The molecule has 1 N–H and O–H groups in total. The first-order valence-electron chi connectivity index (χ1n) is 6.84. The molecule has 4 aliphatic rings. The van der Waals surface area contributed by atoms with Crippen LogP contribution in [-0.4, -0.2) is 24.5 Å². The summed E-state index contributed by atoms with van der Waals surface area (Å²) in [7, 11) is 1.48. The SMILES string of the molecule is COC(=O)C12CC3CC(CC(NC(C)=O)(C3)C1)C2. The van der Waals surface area contributed by atoms with E-state index in [1.807, 2.05) is 0 Å². The van der Waals surface area contributed by atoms with E-state index in [9.17, 15) is 9.59 Å². The van der Waals surface area contributed by atoms with Crippen molar-refractivity contribution < 1.29 is 14.3 Å². The standard InChI is InChI=1S/C14H21NO3/c1-9(16)15-14-6-10-3-11(7-14)5-13(4-10,8-14)12(17)18-2/h10-11H,3-8H2,1-2H3,(H,15,16). The molecule has 4 saturated carbocycles. The molecule has 18 heavy (non-hydrogen) atoms. The summed E-state index contributed by atoms with van der Waals surface area (Å²) in [5, 5.41) is 3.14. The second kappa shape index (κ2) is 3.72. The summed E-state index contributed by atoms with van der Waals surface area (Å²) in [5.41, 5.74) is -0.453. The predicted molar refractivity (Wildman–Crippen MR) is 65.7 cm³/mol. The zero-order chi connectivity index (χ0) is 13.0. The molecule has 4 aliphatic carbocycles. The average Bonchev–Trinajstić information content (AvgIpc) is 2.24. The number of methoxy groups -OCH3 is 1. The highest BCUT2D eigenvalue weighted by atomic mass is 16.5. The van der Waals surface area contributed by atoms with Gasteiger partial charge in [0.15, 0.2) is 0 Å². The Morgan fingerprint density at radius 2 is 1.78 bits per heavy atom. The maximum atomic E-state index is 12.2. The van der Waals surface area contributed by atoms with E-state index in [4.69, 9.17) is 4.74 Å². The van der Waals surface area contributed by atoms with Gasteiger partial charge in [-0.3, -0.25) is 9.59 Å². The third-order valence-electron chi connectivity index (χ3n) is 5.12. The highest BCUT2D eigenvalue weighted by Crippen LogP contribution is 2.61. The molecular formula is C14H21NO3. The first-order valence-corrected chi connectivity index (χ1v) is 6.84. The molecule has 4 bridgehead atoms. The molecule has 0 heterocycles. The molecule has 4 rings (SSSR count). The number of amides is 1. The first kappa shape index (κ1) is 12.0. The topological polar surface area (TPSA) is 55.4 Å². The molecule has 1 amide bonds. The zero-order valence-electron chi connectivity index (χ0n) is 11.1. The second-order valence-electron chi connectivity index (χ2n) is 6.69. The van der Waals surface area contributed by atoms with Gasteiger partial charge in [-0.05, 0) is 50.4 Å². The highest BCUT2D eigenvalue weighted by Gasteiger charge is 2.61. The van der Waals surface area contributed by atoms with Gasteiger partial charge in [-0.25, -0.2) is 0 Å². The summed E-state index contributed by atoms with van der Waals surface area (Å²) in [6, 6.07) is 0. The molecule has 0 radical (unpaired) electrons. The van der Waals surface area contributed by atoms with Crippen LogP contribution < -0.4 is 5.32 Å². The van der Waals surface area contributed by atoms with Crippen molar-refractivity contribution in [2.24, 2.45) is 17.3 Å². The van der Waals surface area contributed by atoms with Crippen LogP contribution in [0.5, 0.6) is 0 Å². The largest absolute Gasteiger partial charge is 0.469 e. The lowest BCUT2D eigenvalue weighted by atomic mass is 9.47. The molecule has 2 unspecified atom stereocenters. The highest BCUT2D eigenvalue weighted by molar-refractivity contribution is 5.79. The van der Waals surface area contributed by atoms with Gasteiger partial charge in [0.25, 0.3) is 0 Å². The third kappa shape index (κ3) is 1.65. The Kier molecular flexibility index (Phi) is 2.48. The van der Waals surface area contributed by atoms with Crippen molar-refractivity contribution >= 4 is 11.9 Å². The minimum atomic E-state index is -0.318. The molecule has 0 aromatic heterocycles. The minimum absolute atomic E-state index is 0.0250. The molecule has 0 spiro atoms. The quantitative estimate of drug-likeness (QED) is 0.759. The monoisotopic (exact) mass is 251 g/mol. The van der Waals surface area contributed by atoms with Gasteiger partial charge in [0.1, 0.15) is 0 Å². The molecule has 0 saturated heterocycles. The number of esters is 1. The van der Waals surface area contributed by atoms with Gasteiger partial charge >= 0.3 is 5.97 Å². The van der Waals surface area contributed by atoms with Gasteiger partial charge in [0, 0.05) is 12.5 Å². The van der Waals surface area contributed by atoms with E-state index in [-0.39, 0.29) is 22.8 Å². The van der Waals surface area contributed by atoms with Crippen molar-refractivity contribution in [1.82, 2.24) is 5.32 Å². The van der Waals surface area contributed by atoms with E-state index in [1.54, 1.807) is 6.92 Å². The predicted octanol–water partition coefficient (Wildman–Crippen LogP) is 1.63. The lowest BCUT2D eigenvalue weighted by Gasteiger charge is -2.60. The van der Waals surface area contributed by atoms with Crippen molar-refractivity contribution in [2.75, 3.05) is 7.11 Å². The van der Waals surface area contributed by atoms with E-state index in [0.717, 1.165) is 32.1 Å². The fourth-order valence-electron chi connectivity index (χ4n) is 5.24. The number of hydrogen-bond acceptors (Lipinski definition) is 3. The smallest absolute Gasteiger partial charge is 0.311 e. The van der Waals surface area contributed by atoms with Crippen LogP contribution in [0.3, 0.4) is 0 Å². The lowest BCUT2D eigenvalue weighted by molar-refractivity contribution is -0.173. The molecule has 2 atom stereocenters. The third-order valence-corrected chi connectivity index (χ3v) is 5.12. The summed E-state index contributed by atoms with van der Waals surface area (Å²) in [4.78, 5) is 23.6. The zero-order valence-corrected chi connectivity index (χ0v) is 11.1. The molecule has 0 aromatic carbocycles. The van der Waals surface area contributed by atoms with Crippen LogP contribution in [0.4, 0.5) is 0 Å². The van der Waals surface area contributed by atoms with Gasteiger partial charge in [-0.2, -0.15) is 0 Å². The Balaban J connectivity index is 1.92. The van der Waals surface area contributed by atoms with E-state index < -0.39 is 0 Å². The summed E-state index contributed by atoms with van der Waals surface area (Å²) in [5.74, 6) is 1.12. The van der Waals surface area contributed by atoms with Crippen LogP contribution in [0, 0.1) is 17.3 Å². The maximum Gasteiger partial charge on any atom is 0.311 e. The number of hydrogen-bond donors (Lipinski definition) is 1. The second-order valence-corrected chi connectivity index (χ2v) is 6.69. The fourth-order valence-corrected chi connectivity index (χ4v) is 5.24. The van der Waals surface area contributed by atoms with E-state index in [0.29, 0.717) is 11.8 Å². The minimum Gasteiger partial charge on any atom is -0.469 e. The van der Waals surface area contributed by atoms with Crippen LogP contribution in [-0.2, 0) is 14.3 Å². The lowest BCUT2D eigenvalue weighted by Crippen LogP contribution is -2.64. The number of carbonyl (C=O) groups excluding carboxylic acids is 2. The average molecular weight is 251 g/mol. The molecular weight excluding hydrogens is 230 g/mol. The van der Waals surface area contributed by atoms with E-state index in [2.05, 4.69) is 5.32 Å². The van der Waals surface area contributed by atoms with Crippen molar-refractivity contribution in [3.63, 3.8) is 0 Å². The summed E-state index contributed by atoms with van der Waals surface area (Å²) in [6.45, 7) is 1.57. The normalized spacial score (nSPS) is 44.8. The molecule has 0 aliphatic heterocycles. The number of nitrogens with one attached hydrogen (secondary N) is 1. The Hall–Kier alpha value is -1.06. The molecule has 4 heteroatoms. The van der Waals surface area contributed by atoms with E-state index >= 15 is 0 Å². The van der Waals surface area contributed by atoms with Crippen molar-refractivity contribution in [2.45, 2.75) is 51.0 Å². The van der Waals surface area contributed by atoms with Gasteiger partial charge < -0.3 is 10.1 Å². The van der Waals surface area contributed by atoms with Crippen LogP contribution in [0.25, 0.3) is 0 Å². The Morgan fingerprint density at radius 1 is 1.17 bits per heavy atom. The van der Waals surface area contributed by atoms with Crippen LogP contribution in [0.2, 0.25) is 0 Å². The van der Waals surface area contributed by atoms with Gasteiger partial charge in [0.2, 0.25) is 5.91 Å². The van der Waals surface area contributed by atoms with Crippen LogP contribution in [0.15, 0.2) is 0 Å². The van der Waals surface area contributed by atoms with Crippen molar-refractivity contribution in [3.8, 4) is 0 Å². The Bertz CT molecular complexity index is 390.